The van der Waals surface area contributed by atoms with Crippen LogP contribution in [-0.2, 0) is 16.1 Å². The Morgan fingerprint density at radius 1 is 1.08 bits per heavy atom. The molecule has 0 aliphatic heterocycles. The summed E-state index contributed by atoms with van der Waals surface area (Å²) in [5.41, 5.74) is 1.45. The SMILES string of the molecule is N#Cc1ccc(COC(=O)CSc2ccc3ccccc3c2Br)cc1. The molecule has 3 aromatic carbocycles. The number of carbonyl (C=O) groups is 1. The molecule has 0 N–H and O–H groups in total. The molecule has 0 saturated heterocycles. The van der Waals surface area contributed by atoms with Gasteiger partial charge < -0.3 is 4.74 Å². The van der Waals surface area contributed by atoms with E-state index in [0.717, 1.165) is 25.7 Å². The Morgan fingerprint density at radius 3 is 2.60 bits per heavy atom. The van der Waals surface area contributed by atoms with Gasteiger partial charge in [-0.15, -0.1) is 11.8 Å². The molecule has 0 atom stereocenters. The summed E-state index contributed by atoms with van der Waals surface area (Å²) in [4.78, 5) is 13.0. The van der Waals surface area contributed by atoms with Crippen LogP contribution in [0.25, 0.3) is 10.8 Å². The van der Waals surface area contributed by atoms with Gasteiger partial charge in [-0.05, 0) is 50.5 Å². The summed E-state index contributed by atoms with van der Waals surface area (Å²) in [7, 11) is 0. The molecule has 0 heterocycles. The standard InChI is InChI=1S/C20H14BrNO2S/c21-20-17-4-2-1-3-16(17)9-10-18(20)25-13-19(23)24-12-15-7-5-14(11-22)6-8-15/h1-10H,12-13H2. The number of halogens is 1. The average molecular weight is 412 g/mol. The normalized spacial score (nSPS) is 10.4. The molecule has 0 saturated carbocycles. The van der Waals surface area contributed by atoms with Gasteiger partial charge in [-0.3, -0.25) is 4.79 Å². The summed E-state index contributed by atoms with van der Waals surface area (Å²) in [5.74, 6) is -0.0258. The number of fused-ring (bicyclic) bond motifs is 1. The minimum absolute atomic E-state index is 0.212. The van der Waals surface area contributed by atoms with Crippen LogP contribution in [0, 0.1) is 11.3 Å². The molecule has 3 nitrogen and oxygen atoms in total. The molecule has 0 aliphatic carbocycles. The number of hydrogen-bond donors (Lipinski definition) is 0. The summed E-state index contributed by atoms with van der Waals surface area (Å²) < 4.78 is 6.29. The number of ether oxygens (including phenoxy) is 1. The Balaban J connectivity index is 1.57. The molecule has 5 heteroatoms. The summed E-state index contributed by atoms with van der Waals surface area (Å²) in [6.45, 7) is 0.212. The zero-order chi connectivity index (χ0) is 17.6. The first-order chi connectivity index (χ1) is 12.2. The van der Waals surface area contributed by atoms with Gasteiger partial charge >= 0.3 is 5.97 Å². The highest BCUT2D eigenvalue weighted by Crippen LogP contribution is 2.34. The van der Waals surface area contributed by atoms with E-state index in [9.17, 15) is 4.79 Å². The fourth-order valence-electron chi connectivity index (χ4n) is 2.34. The fraction of sp³-hybridized carbons (Fsp3) is 0.100. The lowest BCUT2D eigenvalue weighted by Crippen LogP contribution is -2.07. The van der Waals surface area contributed by atoms with Crippen LogP contribution in [-0.4, -0.2) is 11.7 Å². The molecule has 3 rings (SSSR count). The molecule has 0 bridgehead atoms. The second-order valence-electron chi connectivity index (χ2n) is 5.36. The number of thioether (sulfide) groups is 1. The van der Waals surface area contributed by atoms with Crippen molar-refractivity contribution in [2.75, 3.05) is 5.75 Å². The van der Waals surface area contributed by atoms with Crippen molar-refractivity contribution in [2.24, 2.45) is 0 Å². The third kappa shape index (κ3) is 4.41. The van der Waals surface area contributed by atoms with Crippen LogP contribution >= 0.6 is 27.7 Å². The third-order valence-electron chi connectivity index (χ3n) is 3.66. The van der Waals surface area contributed by atoms with Crippen LogP contribution < -0.4 is 0 Å². The van der Waals surface area contributed by atoms with Crippen molar-refractivity contribution in [3.63, 3.8) is 0 Å². The van der Waals surface area contributed by atoms with Gasteiger partial charge in [-0.1, -0.05) is 42.5 Å². The molecular weight excluding hydrogens is 398 g/mol. The van der Waals surface area contributed by atoms with Gasteiger partial charge in [-0.2, -0.15) is 5.26 Å². The minimum atomic E-state index is -0.269. The highest BCUT2D eigenvalue weighted by atomic mass is 79.9. The van der Waals surface area contributed by atoms with E-state index < -0.39 is 0 Å². The number of benzene rings is 3. The summed E-state index contributed by atoms with van der Waals surface area (Å²) in [6.07, 6.45) is 0. The molecule has 0 spiro atoms. The largest absolute Gasteiger partial charge is 0.460 e. The molecule has 0 fully saturated rings. The van der Waals surface area contributed by atoms with Gasteiger partial charge in [0.1, 0.15) is 6.61 Å². The predicted molar refractivity (Wildman–Crippen MR) is 103 cm³/mol. The van der Waals surface area contributed by atoms with Gasteiger partial charge in [0, 0.05) is 9.37 Å². The van der Waals surface area contributed by atoms with Crippen LogP contribution in [0.1, 0.15) is 11.1 Å². The van der Waals surface area contributed by atoms with Crippen molar-refractivity contribution >= 4 is 44.4 Å². The minimum Gasteiger partial charge on any atom is -0.460 e. The van der Waals surface area contributed by atoms with Gasteiger partial charge in [-0.25, -0.2) is 0 Å². The van der Waals surface area contributed by atoms with Crippen LogP contribution in [0.5, 0.6) is 0 Å². The Morgan fingerprint density at radius 2 is 1.84 bits per heavy atom. The number of nitriles is 1. The van der Waals surface area contributed by atoms with E-state index in [4.69, 9.17) is 10.00 Å². The molecule has 3 aromatic rings. The van der Waals surface area contributed by atoms with E-state index in [-0.39, 0.29) is 18.3 Å². The van der Waals surface area contributed by atoms with Crippen LogP contribution in [0.15, 0.2) is 70.0 Å². The Labute approximate surface area is 158 Å². The second kappa shape index (κ2) is 8.19. The zero-order valence-corrected chi connectivity index (χ0v) is 15.6. The smallest absolute Gasteiger partial charge is 0.316 e. The first-order valence-electron chi connectivity index (χ1n) is 7.62. The Bertz CT molecular complexity index is 948. The summed E-state index contributed by atoms with van der Waals surface area (Å²) in [5, 5.41) is 11.0. The Hall–Kier alpha value is -2.29. The van der Waals surface area contributed by atoms with E-state index in [1.54, 1.807) is 24.3 Å². The fourth-order valence-corrected chi connectivity index (χ4v) is 3.94. The van der Waals surface area contributed by atoms with Crippen molar-refractivity contribution in [3.8, 4) is 6.07 Å². The second-order valence-corrected chi connectivity index (χ2v) is 7.17. The van der Waals surface area contributed by atoms with Crippen LogP contribution in [0.3, 0.4) is 0 Å². The average Bonchev–Trinajstić information content (AvgIpc) is 2.66. The quantitative estimate of drug-likeness (QED) is 0.421. The third-order valence-corrected chi connectivity index (χ3v) is 5.80. The molecule has 124 valence electrons. The van der Waals surface area contributed by atoms with Gasteiger partial charge in [0.25, 0.3) is 0 Å². The van der Waals surface area contributed by atoms with E-state index in [1.165, 1.54) is 11.8 Å². The number of rotatable bonds is 5. The number of esters is 1. The van der Waals surface area contributed by atoms with E-state index >= 15 is 0 Å². The topological polar surface area (TPSA) is 50.1 Å². The first-order valence-corrected chi connectivity index (χ1v) is 9.40. The summed E-state index contributed by atoms with van der Waals surface area (Å²) >= 11 is 5.07. The van der Waals surface area contributed by atoms with Crippen molar-refractivity contribution in [2.45, 2.75) is 11.5 Å². The molecule has 0 aliphatic rings. The molecule has 0 aromatic heterocycles. The maximum atomic E-state index is 12.0. The lowest BCUT2D eigenvalue weighted by molar-refractivity contribution is -0.141. The maximum absolute atomic E-state index is 12.0. The van der Waals surface area contributed by atoms with Gasteiger partial charge in [0.05, 0.1) is 17.4 Å². The molecule has 0 unspecified atom stereocenters. The zero-order valence-electron chi connectivity index (χ0n) is 13.2. The van der Waals surface area contributed by atoms with Crippen molar-refractivity contribution < 1.29 is 9.53 Å². The molecular formula is C20H14BrNO2S. The molecule has 0 radical (unpaired) electrons. The number of carbonyl (C=O) groups excluding carboxylic acids is 1. The predicted octanol–water partition coefficient (Wildman–Crippen LogP) is 5.31. The van der Waals surface area contributed by atoms with E-state index in [1.807, 2.05) is 30.3 Å². The lowest BCUT2D eigenvalue weighted by atomic mass is 10.1. The first kappa shape index (κ1) is 17.5. The Kier molecular flexibility index (Phi) is 5.75. The van der Waals surface area contributed by atoms with Gasteiger partial charge in [0.15, 0.2) is 0 Å². The van der Waals surface area contributed by atoms with Crippen LogP contribution in [0.4, 0.5) is 0 Å². The highest BCUT2D eigenvalue weighted by Gasteiger charge is 2.09. The molecule has 25 heavy (non-hydrogen) atoms. The maximum Gasteiger partial charge on any atom is 0.316 e. The van der Waals surface area contributed by atoms with Crippen molar-refractivity contribution in [1.82, 2.24) is 0 Å². The van der Waals surface area contributed by atoms with Gasteiger partial charge in [0.2, 0.25) is 0 Å². The van der Waals surface area contributed by atoms with Crippen molar-refractivity contribution in [3.05, 3.63) is 76.3 Å². The monoisotopic (exact) mass is 411 g/mol. The van der Waals surface area contributed by atoms with E-state index in [2.05, 4.69) is 28.1 Å². The van der Waals surface area contributed by atoms with Crippen LogP contribution in [0.2, 0.25) is 0 Å². The molecule has 0 amide bonds. The number of nitrogens with zero attached hydrogens (tertiary/aromatic N) is 1. The highest BCUT2D eigenvalue weighted by molar-refractivity contribution is 9.10. The van der Waals surface area contributed by atoms with E-state index in [0.29, 0.717) is 5.56 Å². The lowest BCUT2D eigenvalue weighted by Gasteiger charge is -2.08. The van der Waals surface area contributed by atoms with Crippen molar-refractivity contribution in [1.29, 1.82) is 5.26 Å². The summed E-state index contributed by atoms with van der Waals surface area (Å²) in [6, 6.07) is 21.2. The number of hydrogen-bond acceptors (Lipinski definition) is 4.